The van der Waals surface area contributed by atoms with Crippen LogP contribution < -0.4 is 10.5 Å². The van der Waals surface area contributed by atoms with E-state index in [1.54, 1.807) is 49.5 Å². The van der Waals surface area contributed by atoms with E-state index in [2.05, 4.69) is 9.71 Å². The lowest BCUT2D eigenvalue weighted by molar-refractivity contribution is 0.600. The van der Waals surface area contributed by atoms with Gasteiger partial charge in [0.15, 0.2) is 0 Å². The molecule has 0 aliphatic rings. The Morgan fingerprint density at radius 1 is 1.33 bits per heavy atom. The molecule has 0 radical (unpaired) electrons. The zero-order valence-electron chi connectivity index (χ0n) is 11.4. The number of hydrogen-bond donors (Lipinski definition) is 2. The topological polar surface area (TPSA) is 85.1 Å². The summed E-state index contributed by atoms with van der Waals surface area (Å²) in [5.41, 5.74) is 7.57. The number of rotatable bonds is 5. The number of thiocarbonyl (C=S) groups is 1. The number of benzene rings is 1. The Morgan fingerprint density at radius 2 is 2.10 bits per heavy atom. The second-order valence-electron chi connectivity index (χ2n) is 4.59. The summed E-state index contributed by atoms with van der Waals surface area (Å²) in [6.07, 6.45) is 1.54. The molecule has 0 atom stereocenters. The van der Waals surface area contributed by atoms with Gasteiger partial charge >= 0.3 is 0 Å². The molecular formula is C14H15N3O2S2. The van der Waals surface area contributed by atoms with E-state index in [1.807, 2.05) is 0 Å². The van der Waals surface area contributed by atoms with Crippen molar-refractivity contribution >= 4 is 33.0 Å². The Morgan fingerprint density at radius 3 is 2.76 bits per heavy atom. The van der Waals surface area contributed by atoms with Gasteiger partial charge in [0.25, 0.3) is 0 Å². The van der Waals surface area contributed by atoms with Gasteiger partial charge in [-0.15, -0.1) is 0 Å². The number of nitrogens with one attached hydrogen (secondary N) is 1. The van der Waals surface area contributed by atoms with Gasteiger partial charge in [0, 0.05) is 11.8 Å². The summed E-state index contributed by atoms with van der Waals surface area (Å²) >= 11 is 4.89. The van der Waals surface area contributed by atoms with Crippen LogP contribution in [0.25, 0.3) is 0 Å². The third-order valence-corrected chi connectivity index (χ3v) is 4.28. The minimum Gasteiger partial charge on any atom is -0.389 e. The molecular weight excluding hydrogens is 306 g/mol. The summed E-state index contributed by atoms with van der Waals surface area (Å²) in [6, 6.07) is 10.4. The van der Waals surface area contributed by atoms with E-state index >= 15 is 0 Å². The van der Waals surface area contributed by atoms with Crippen LogP contribution in [0.3, 0.4) is 0 Å². The maximum absolute atomic E-state index is 12.2. The maximum Gasteiger partial charge on any atom is 0.238 e. The van der Waals surface area contributed by atoms with E-state index in [4.69, 9.17) is 18.0 Å². The molecule has 0 aliphatic heterocycles. The minimum atomic E-state index is -3.55. The van der Waals surface area contributed by atoms with Gasteiger partial charge in [-0.05, 0) is 30.2 Å². The normalized spacial score (nSPS) is 11.1. The molecule has 0 saturated carbocycles. The molecule has 0 fully saturated rings. The third-order valence-electron chi connectivity index (χ3n) is 2.83. The zero-order chi connectivity index (χ0) is 15.5. The smallest absolute Gasteiger partial charge is 0.238 e. The molecule has 0 bridgehead atoms. The van der Waals surface area contributed by atoms with Crippen LogP contribution in [0, 0.1) is 6.92 Å². The molecule has 1 aromatic carbocycles. The molecule has 1 heterocycles. The van der Waals surface area contributed by atoms with Crippen molar-refractivity contribution in [2.45, 2.75) is 12.7 Å². The van der Waals surface area contributed by atoms with Crippen LogP contribution in [-0.4, -0.2) is 18.4 Å². The lowest BCUT2D eigenvalue weighted by Crippen LogP contribution is -2.17. The van der Waals surface area contributed by atoms with Gasteiger partial charge < -0.3 is 5.73 Å². The first-order valence-electron chi connectivity index (χ1n) is 6.18. The van der Waals surface area contributed by atoms with Crippen LogP contribution in [0.4, 0.5) is 5.82 Å². The van der Waals surface area contributed by atoms with Gasteiger partial charge in [-0.2, -0.15) is 0 Å². The Hall–Kier alpha value is -1.99. The third kappa shape index (κ3) is 4.24. The molecule has 3 N–H and O–H groups in total. The summed E-state index contributed by atoms with van der Waals surface area (Å²) in [5.74, 6) is 0.169. The van der Waals surface area contributed by atoms with Crippen molar-refractivity contribution in [2.24, 2.45) is 5.73 Å². The summed E-state index contributed by atoms with van der Waals surface area (Å²) in [7, 11) is -3.55. The highest BCUT2D eigenvalue weighted by molar-refractivity contribution is 7.91. The van der Waals surface area contributed by atoms with E-state index < -0.39 is 10.0 Å². The van der Waals surface area contributed by atoms with Gasteiger partial charge in [0.05, 0.1) is 5.75 Å². The summed E-state index contributed by atoms with van der Waals surface area (Å²) in [4.78, 5) is 4.26. The Labute approximate surface area is 129 Å². The van der Waals surface area contributed by atoms with Gasteiger partial charge in [-0.3, -0.25) is 4.72 Å². The predicted molar refractivity (Wildman–Crippen MR) is 87.5 cm³/mol. The van der Waals surface area contributed by atoms with Gasteiger partial charge in [-0.25, -0.2) is 13.4 Å². The Bertz CT molecular complexity index is 773. The number of nitrogens with zero attached hydrogens (tertiary/aromatic N) is 1. The Kier molecular flexibility index (Phi) is 4.54. The number of nitrogens with two attached hydrogens (primary N) is 1. The first kappa shape index (κ1) is 15.4. The fraction of sp³-hybridized carbons (Fsp3) is 0.143. The number of aromatic nitrogens is 1. The first-order chi connectivity index (χ1) is 9.87. The fourth-order valence-electron chi connectivity index (χ4n) is 1.81. The van der Waals surface area contributed by atoms with Crippen molar-refractivity contribution < 1.29 is 8.42 Å². The molecule has 0 saturated heterocycles. The van der Waals surface area contributed by atoms with Crippen molar-refractivity contribution in [1.82, 2.24) is 4.98 Å². The number of anilines is 1. The summed E-state index contributed by atoms with van der Waals surface area (Å²) in [6.45, 7) is 1.79. The van der Waals surface area contributed by atoms with Gasteiger partial charge in [0.1, 0.15) is 10.8 Å². The minimum absolute atomic E-state index is 0.167. The van der Waals surface area contributed by atoms with Crippen molar-refractivity contribution in [2.75, 3.05) is 4.72 Å². The molecule has 5 nitrogen and oxygen atoms in total. The second-order valence-corrected chi connectivity index (χ2v) is 6.76. The highest BCUT2D eigenvalue weighted by Gasteiger charge is 2.14. The SMILES string of the molecule is Cc1cccnc1NS(=O)(=O)Cc1cccc(C(N)=S)c1. The monoisotopic (exact) mass is 321 g/mol. The molecule has 110 valence electrons. The van der Waals surface area contributed by atoms with Crippen molar-refractivity contribution in [3.8, 4) is 0 Å². The van der Waals surface area contributed by atoms with E-state index in [0.29, 0.717) is 16.9 Å². The van der Waals surface area contributed by atoms with Crippen LogP contribution in [0.2, 0.25) is 0 Å². The number of aryl methyl sites for hydroxylation is 1. The molecule has 7 heteroatoms. The lowest BCUT2D eigenvalue weighted by atomic mass is 10.1. The molecule has 0 amide bonds. The summed E-state index contributed by atoms with van der Waals surface area (Å²) in [5, 5.41) is 0. The van der Waals surface area contributed by atoms with Crippen molar-refractivity contribution in [1.29, 1.82) is 0 Å². The lowest BCUT2D eigenvalue weighted by Gasteiger charge is -2.10. The average Bonchev–Trinajstić information content (AvgIpc) is 2.41. The fourth-order valence-corrected chi connectivity index (χ4v) is 3.14. The van der Waals surface area contributed by atoms with E-state index in [0.717, 1.165) is 5.56 Å². The molecule has 21 heavy (non-hydrogen) atoms. The first-order valence-corrected chi connectivity index (χ1v) is 8.24. The maximum atomic E-state index is 12.2. The quantitative estimate of drug-likeness (QED) is 0.822. The number of pyridine rings is 1. The molecule has 2 rings (SSSR count). The van der Waals surface area contributed by atoms with E-state index in [9.17, 15) is 8.42 Å². The largest absolute Gasteiger partial charge is 0.389 e. The van der Waals surface area contributed by atoms with Crippen LogP contribution in [-0.2, 0) is 15.8 Å². The summed E-state index contributed by atoms with van der Waals surface area (Å²) < 4.78 is 26.9. The molecule has 0 spiro atoms. The number of sulfonamides is 1. The van der Waals surface area contributed by atoms with Crippen LogP contribution in [0.1, 0.15) is 16.7 Å². The van der Waals surface area contributed by atoms with Gasteiger partial charge in [-0.1, -0.05) is 36.5 Å². The number of hydrogen-bond acceptors (Lipinski definition) is 4. The Balaban J connectivity index is 2.20. The van der Waals surface area contributed by atoms with Crippen LogP contribution >= 0.6 is 12.2 Å². The molecule has 2 aromatic rings. The van der Waals surface area contributed by atoms with E-state index in [-0.39, 0.29) is 10.7 Å². The second kappa shape index (κ2) is 6.19. The van der Waals surface area contributed by atoms with Crippen LogP contribution in [0.5, 0.6) is 0 Å². The van der Waals surface area contributed by atoms with Gasteiger partial charge in [0.2, 0.25) is 10.0 Å². The average molecular weight is 321 g/mol. The van der Waals surface area contributed by atoms with E-state index in [1.165, 1.54) is 0 Å². The highest BCUT2D eigenvalue weighted by Crippen LogP contribution is 2.15. The van der Waals surface area contributed by atoms with Crippen molar-refractivity contribution in [3.05, 3.63) is 59.3 Å². The molecule has 0 aliphatic carbocycles. The zero-order valence-corrected chi connectivity index (χ0v) is 13.0. The standard InChI is InChI=1S/C14H15N3O2S2/c1-10-4-3-7-16-14(10)17-21(18,19)9-11-5-2-6-12(8-11)13(15)20/h2-8H,9H2,1H3,(H2,15,20)(H,16,17). The highest BCUT2D eigenvalue weighted by atomic mass is 32.2. The molecule has 1 aromatic heterocycles. The van der Waals surface area contributed by atoms with Crippen LogP contribution in [0.15, 0.2) is 42.6 Å². The predicted octanol–water partition coefficient (Wildman–Crippen LogP) is 1.97. The van der Waals surface area contributed by atoms with Crippen molar-refractivity contribution in [3.63, 3.8) is 0 Å². The molecule has 0 unspecified atom stereocenters.